The number of nitrogens with one attached hydrogen (secondary N) is 2. The van der Waals surface area contributed by atoms with Crippen LogP contribution in [0.2, 0.25) is 0 Å². The number of hydrogen-bond donors (Lipinski definition) is 3. The number of nitrogens with two attached hydrogens (primary N) is 1. The molecule has 36 heavy (non-hydrogen) atoms. The third-order valence-corrected chi connectivity index (χ3v) is 6.00. The number of hydrogen-bond acceptors (Lipinski definition) is 5. The smallest absolute Gasteiger partial charge is 0.264 e. The number of halogens is 2. The average Bonchev–Trinajstić information content (AvgIpc) is 3.13. The summed E-state index contributed by atoms with van der Waals surface area (Å²) in [6.07, 6.45) is -0.725. The van der Waals surface area contributed by atoms with Crippen molar-refractivity contribution in [3.05, 3.63) is 88.6 Å². The van der Waals surface area contributed by atoms with Crippen LogP contribution in [0.3, 0.4) is 0 Å². The van der Waals surface area contributed by atoms with Crippen molar-refractivity contribution >= 4 is 29.1 Å². The molecule has 5 rings (SSSR count). The topological polar surface area (TPSA) is 115 Å². The Labute approximate surface area is 205 Å². The SMILES string of the molecule is Cc1ccc2c(c1)CCn1nc(-c3ccc(C(=O)Nc4cc(C(F)F)ccn4)cc3)c(C(N)=O)c1N2. The first-order valence-corrected chi connectivity index (χ1v) is 11.2. The Morgan fingerprint density at radius 3 is 2.61 bits per heavy atom. The number of primary amides is 1. The van der Waals surface area contributed by atoms with Gasteiger partial charge in [0.15, 0.2) is 0 Å². The van der Waals surface area contributed by atoms with Gasteiger partial charge in [-0.05, 0) is 49.2 Å². The Bertz CT molecular complexity index is 1480. The predicted octanol–water partition coefficient (Wildman–Crippen LogP) is 4.84. The number of aromatic nitrogens is 3. The van der Waals surface area contributed by atoms with Crippen LogP contribution in [0.5, 0.6) is 0 Å². The molecule has 8 nitrogen and oxygen atoms in total. The second kappa shape index (κ2) is 9.21. The highest BCUT2D eigenvalue weighted by molar-refractivity contribution is 6.06. The van der Waals surface area contributed by atoms with Crippen molar-refractivity contribution in [2.75, 3.05) is 10.6 Å². The number of fused-ring (bicyclic) bond motifs is 2. The Morgan fingerprint density at radius 1 is 1.11 bits per heavy atom. The fourth-order valence-electron chi connectivity index (χ4n) is 4.21. The third-order valence-electron chi connectivity index (χ3n) is 6.00. The van der Waals surface area contributed by atoms with E-state index in [0.29, 0.717) is 23.6 Å². The molecule has 10 heteroatoms. The molecule has 2 amide bonds. The fraction of sp³-hybridized carbons (Fsp3) is 0.154. The molecule has 0 fully saturated rings. The van der Waals surface area contributed by atoms with Crippen LogP contribution >= 0.6 is 0 Å². The molecular formula is C26H22F2N6O2. The Balaban J connectivity index is 1.42. The van der Waals surface area contributed by atoms with Gasteiger partial charge in [-0.1, -0.05) is 29.8 Å². The molecule has 1 aliphatic heterocycles. The normalized spacial score (nSPS) is 12.3. The van der Waals surface area contributed by atoms with Gasteiger partial charge in [0.2, 0.25) is 0 Å². The molecule has 0 radical (unpaired) electrons. The molecule has 0 atom stereocenters. The monoisotopic (exact) mass is 488 g/mol. The molecule has 1 aliphatic rings. The zero-order valence-electron chi connectivity index (χ0n) is 19.3. The molecule has 4 N–H and O–H groups in total. The first-order chi connectivity index (χ1) is 17.3. The molecule has 2 aromatic heterocycles. The van der Waals surface area contributed by atoms with Gasteiger partial charge in [0, 0.05) is 35.1 Å². The molecule has 0 unspecified atom stereocenters. The number of nitrogens with zero attached hydrogens (tertiary/aromatic N) is 3. The van der Waals surface area contributed by atoms with E-state index in [1.807, 2.05) is 19.1 Å². The van der Waals surface area contributed by atoms with Crippen LogP contribution in [0.15, 0.2) is 60.8 Å². The molecule has 0 spiro atoms. The van der Waals surface area contributed by atoms with E-state index in [0.717, 1.165) is 29.3 Å². The minimum Gasteiger partial charge on any atom is -0.365 e. The van der Waals surface area contributed by atoms with Gasteiger partial charge in [-0.15, -0.1) is 0 Å². The number of alkyl halides is 2. The maximum Gasteiger partial charge on any atom is 0.264 e. The third kappa shape index (κ3) is 4.40. The highest BCUT2D eigenvalue weighted by Crippen LogP contribution is 2.34. The molecule has 0 bridgehead atoms. The predicted molar refractivity (Wildman–Crippen MR) is 131 cm³/mol. The van der Waals surface area contributed by atoms with Crippen molar-refractivity contribution in [3.8, 4) is 11.3 Å². The van der Waals surface area contributed by atoms with Gasteiger partial charge in [0.25, 0.3) is 18.2 Å². The molecule has 4 aromatic rings. The largest absolute Gasteiger partial charge is 0.365 e. The summed E-state index contributed by atoms with van der Waals surface area (Å²) in [4.78, 5) is 29.0. The van der Waals surface area contributed by atoms with Crippen molar-refractivity contribution in [1.82, 2.24) is 14.8 Å². The minimum absolute atomic E-state index is 0.0253. The minimum atomic E-state index is -2.67. The number of carbonyl (C=O) groups is 2. The summed E-state index contributed by atoms with van der Waals surface area (Å²) in [5.41, 5.74) is 10.2. The van der Waals surface area contributed by atoms with E-state index in [4.69, 9.17) is 5.73 Å². The van der Waals surface area contributed by atoms with Crippen molar-refractivity contribution in [1.29, 1.82) is 0 Å². The summed E-state index contributed by atoms with van der Waals surface area (Å²) in [5.74, 6) is -0.588. The molecule has 3 heterocycles. The van der Waals surface area contributed by atoms with Crippen LogP contribution in [-0.4, -0.2) is 26.6 Å². The fourth-order valence-corrected chi connectivity index (χ4v) is 4.21. The first-order valence-electron chi connectivity index (χ1n) is 11.2. The Kier molecular flexibility index (Phi) is 5.93. The van der Waals surface area contributed by atoms with Gasteiger partial charge in [-0.2, -0.15) is 5.10 Å². The standard InChI is InChI=1S/C26H22F2N6O2/c1-14-2-7-19-17(12-14)9-11-34-25(31-19)21(24(29)35)22(33-34)15-3-5-16(6-4-15)26(36)32-20-13-18(23(27)28)8-10-30-20/h2-8,10,12-13,23,31H,9,11H2,1H3,(H2,29,35)(H,30,32,36). The molecule has 182 valence electrons. The maximum absolute atomic E-state index is 12.9. The van der Waals surface area contributed by atoms with Crippen molar-refractivity contribution < 1.29 is 18.4 Å². The lowest BCUT2D eigenvalue weighted by atomic mass is 10.0. The van der Waals surface area contributed by atoms with Crippen LogP contribution in [-0.2, 0) is 13.0 Å². The number of amides is 2. The van der Waals surface area contributed by atoms with E-state index in [-0.39, 0.29) is 22.5 Å². The van der Waals surface area contributed by atoms with Crippen molar-refractivity contribution in [2.45, 2.75) is 26.3 Å². The van der Waals surface area contributed by atoms with E-state index >= 15 is 0 Å². The van der Waals surface area contributed by atoms with E-state index in [2.05, 4.69) is 26.8 Å². The number of anilines is 3. The maximum atomic E-state index is 12.9. The highest BCUT2D eigenvalue weighted by atomic mass is 19.3. The first kappa shape index (κ1) is 23.2. The van der Waals surface area contributed by atoms with Crippen LogP contribution in [0.25, 0.3) is 11.3 Å². The molecule has 0 saturated heterocycles. The lowest BCUT2D eigenvalue weighted by Crippen LogP contribution is -2.14. The zero-order chi connectivity index (χ0) is 25.4. The average molecular weight is 488 g/mol. The van der Waals surface area contributed by atoms with Gasteiger partial charge in [-0.25, -0.2) is 18.4 Å². The molecular weight excluding hydrogens is 466 g/mol. The van der Waals surface area contributed by atoms with Crippen LogP contribution < -0.4 is 16.4 Å². The molecule has 0 aliphatic carbocycles. The van der Waals surface area contributed by atoms with Gasteiger partial charge < -0.3 is 16.4 Å². The quantitative estimate of drug-likeness (QED) is 0.372. The van der Waals surface area contributed by atoms with Crippen LogP contribution in [0.1, 0.15) is 43.8 Å². The highest BCUT2D eigenvalue weighted by Gasteiger charge is 2.26. The van der Waals surface area contributed by atoms with Gasteiger partial charge in [-0.3, -0.25) is 9.59 Å². The number of carbonyl (C=O) groups excluding carboxylic acids is 2. The van der Waals surface area contributed by atoms with Gasteiger partial charge >= 0.3 is 0 Å². The second-order valence-corrected chi connectivity index (χ2v) is 8.50. The van der Waals surface area contributed by atoms with E-state index in [9.17, 15) is 18.4 Å². The molecule has 2 aromatic carbocycles. The Morgan fingerprint density at radius 2 is 1.89 bits per heavy atom. The van der Waals surface area contributed by atoms with E-state index in [1.54, 1.807) is 28.9 Å². The summed E-state index contributed by atoms with van der Waals surface area (Å²) in [5, 5.41) is 10.5. The van der Waals surface area contributed by atoms with E-state index < -0.39 is 18.2 Å². The second-order valence-electron chi connectivity index (χ2n) is 8.50. The Hall–Kier alpha value is -4.60. The van der Waals surface area contributed by atoms with Crippen LogP contribution in [0, 0.1) is 6.92 Å². The van der Waals surface area contributed by atoms with Gasteiger partial charge in [0.1, 0.15) is 22.9 Å². The van der Waals surface area contributed by atoms with Gasteiger partial charge in [0.05, 0.1) is 0 Å². The molecule has 0 saturated carbocycles. The summed E-state index contributed by atoms with van der Waals surface area (Å²) < 4.78 is 27.6. The number of benzene rings is 2. The summed E-state index contributed by atoms with van der Waals surface area (Å²) in [6, 6.07) is 14.8. The lowest BCUT2D eigenvalue weighted by molar-refractivity contribution is 0.0998. The van der Waals surface area contributed by atoms with Crippen molar-refractivity contribution in [3.63, 3.8) is 0 Å². The lowest BCUT2D eigenvalue weighted by Gasteiger charge is -2.10. The summed E-state index contributed by atoms with van der Waals surface area (Å²) in [6.45, 7) is 2.59. The van der Waals surface area contributed by atoms with Crippen molar-refractivity contribution in [2.24, 2.45) is 5.73 Å². The van der Waals surface area contributed by atoms with Crippen LogP contribution in [0.4, 0.5) is 26.1 Å². The zero-order valence-corrected chi connectivity index (χ0v) is 19.3. The number of pyridine rings is 1. The summed E-state index contributed by atoms with van der Waals surface area (Å²) in [7, 11) is 0. The van der Waals surface area contributed by atoms with E-state index in [1.165, 1.54) is 12.3 Å². The number of rotatable bonds is 5. The number of aryl methyl sites for hydroxylation is 3. The summed E-state index contributed by atoms with van der Waals surface area (Å²) >= 11 is 0.